The van der Waals surface area contributed by atoms with Crippen molar-refractivity contribution in [1.29, 1.82) is 0 Å². The molecule has 1 heterocycles. The largest absolute Gasteiger partial charge is 1.00 e. The maximum absolute atomic E-state index is 12.6. The maximum Gasteiger partial charge on any atom is 1.00 e. The number of H-pyrrole nitrogens is 1. The second-order valence-corrected chi connectivity index (χ2v) is 7.18. The van der Waals surface area contributed by atoms with E-state index in [4.69, 9.17) is 0 Å². The number of non-ortho nitro benzene ring substituents is 1. The first-order chi connectivity index (χ1) is 13.6. The number of nitrogens with one attached hydrogen (secondary N) is 1. The van der Waals surface area contributed by atoms with Gasteiger partial charge in [-0.05, 0) is 37.3 Å². The van der Waals surface area contributed by atoms with E-state index in [9.17, 15) is 33.0 Å². The second kappa shape index (κ2) is 8.89. The van der Waals surface area contributed by atoms with Gasteiger partial charge in [0.1, 0.15) is 21.6 Å². The Morgan fingerprint density at radius 3 is 2.33 bits per heavy atom. The number of azo groups is 1. The number of aromatic hydroxyl groups is 1. The Morgan fingerprint density at radius 2 is 1.77 bits per heavy atom. The first-order valence-corrected chi connectivity index (χ1v) is 9.26. The number of rotatable bonds is 5. The molecular weight excluding hydrogens is 429 g/mol. The fourth-order valence-corrected chi connectivity index (χ4v) is 2.88. The monoisotopic (exact) mass is 441 g/mol. The Balaban J connectivity index is 0.00000320. The molecule has 2 N–H and O–H groups in total. The predicted molar refractivity (Wildman–Crippen MR) is 98.0 cm³/mol. The van der Waals surface area contributed by atoms with Crippen LogP contribution >= 0.6 is 0 Å². The van der Waals surface area contributed by atoms with Crippen molar-refractivity contribution < 1.29 is 52.6 Å². The van der Waals surface area contributed by atoms with Crippen molar-refractivity contribution >= 4 is 27.2 Å². The molecule has 0 aliphatic rings. The number of aryl methyl sites for hydroxylation is 1. The first-order valence-electron chi connectivity index (χ1n) is 7.85. The van der Waals surface area contributed by atoms with Crippen LogP contribution in [0.3, 0.4) is 0 Å². The number of benzene rings is 2. The van der Waals surface area contributed by atoms with Crippen LogP contribution in [-0.4, -0.2) is 32.8 Å². The molecule has 150 valence electrons. The zero-order valence-corrected chi connectivity index (χ0v) is 18.5. The topological polar surface area (TPSA) is 183 Å². The summed E-state index contributed by atoms with van der Waals surface area (Å²) in [6.45, 7) is 1.52. The molecule has 30 heavy (non-hydrogen) atoms. The van der Waals surface area contributed by atoms with Gasteiger partial charge in [-0.2, -0.15) is 0 Å². The molecule has 0 spiro atoms. The SMILES string of the molecule is Cc1[nH]n(-c2ccc(S(=O)(=O)[O-])cc2)c(=O)c1N=Nc1cc([N+](=O)[O-])ccc1O.[Na+]. The summed E-state index contributed by atoms with van der Waals surface area (Å²) in [7, 11) is -4.62. The Morgan fingerprint density at radius 1 is 1.13 bits per heavy atom. The average Bonchev–Trinajstić information content (AvgIpc) is 2.94. The summed E-state index contributed by atoms with van der Waals surface area (Å²) in [6.07, 6.45) is 0. The molecule has 0 amide bonds. The Bertz CT molecular complexity index is 1300. The molecule has 0 saturated carbocycles. The van der Waals surface area contributed by atoms with E-state index in [1.165, 1.54) is 19.1 Å². The molecule has 0 aliphatic heterocycles. The Labute approximate surface area is 191 Å². The van der Waals surface area contributed by atoms with Crippen LogP contribution in [0.4, 0.5) is 17.1 Å². The minimum absolute atomic E-state index is 0. The summed E-state index contributed by atoms with van der Waals surface area (Å²) in [5, 5.41) is 30.8. The molecule has 0 aliphatic carbocycles. The molecule has 14 heteroatoms. The number of phenolic OH excluding ortho intramolecular Hbond substituents is 1. The molecule has 0 radical (unpaired) electrons. The standard InChI is InChI=1S/C16H13N5O7S.Na/c1-9-15(18-17-13-8-11(21(24)25)4-7-14(13)22)16(23)20(19-9)10-2-5-12(6-3-10)29(26,27)28;/h2-8,19,22H,1H3,(H,26,27,28);/q;+1/p-1. The van der Waals surface area contributed by atoms with Gasteiger partial charge in [-0.3, -0.25) is 20.0 Å². The molecule has 2 aromatic carbocycles. The maximum atomic E-state index is 12.6. The summed E-state index contributed by atoms with van der Waals surface area (Å²) in [4.78, 5) is 22.3. The number of hydrogen-bond acceptors (Lipinski definition) is 9. The normalized spacial score (nSPS) is 11.4. The smallest absolute Gasteiger partial charge is 0.744 e. The number of nitro groups is 1. The fourth-order valence-electron chi connectivity index (χ4n) is 2.41. The molecule has 0 atom stereocenters. The fraction of sp³-hybridized carbons (Fsp3) is 0.0625. The van der Waals surface area contributed by atoms with Crippen LogP contribution < -0.4 is 35.1 Å². The van der Waals surface area contributed by atoms with Gasteiger partial charge in [-0.1, -0.05) is 0 Å². The zero-order chi connectivity index (χ0) is 21.3. The van der Waals surface area contributed by atoms with Crippen LogP contribution in [0.5, 0.6) is 5.75 Å². The Hall–Kier alpha value is -2.84. The van der Waals surface area contributed by atoms with Crippen molar-refractivity contribution in [2.24, 2.45) is 10.2 Å². The van der Waals surface area contributed by atoms with Crippen molar-refractivity contribution in [3.05, 3.63) is 68.6 Å². The average molecular weight is 441 g/mol. The third-order valence-corrected chi connectivity index (χ3v) is 4.70. The first kappa shape index (κ1) is 23.4. The van der Waals surface area contributed by atoms with Gasteiger partial charge in [-0.25, -0.2) is 13.1 Å². The predicted octanol–water partition coefficient (Wildman–Crippen LogP) is -0.589. The molecule has 0 saturated heterocycles. The van der Waals surface area contributed by atoms with Gasteiger partial charge >= 0.3 is 29.6 Å². The van der Waals surface area contributed by atoms with Crippen LogP contribution in [0, 0.1) is 17.0 Å². The van der Waals surface area contributed by atoms with Crippen LogP contribution in [0.2, 0.25) is 0 Å². The third-order valence-electron chi connectivity index (χ3n) is 3.85. The van der Waals surface area contributed by atoms with E-state index in [1.54, 1.807) is 0 Å². The van der Waals surface area contributed by atoms with E-state index in [0.717, 1.165) is 35.0 Å². The van der Waals surface area contributed by atoms with Crippen molar-refractivity contribution in [3.8, 4) is 11.4 Å². The third kappa shape index (κ3) is 4.83. The van der Waals surface area contributed by atoms with Crippen LogP contribution in [0.25, 0.3) is 5.69 Å². The second-order valence-electron chi connectivity index (χ2n) is 5.80. The molecule has 0 bridgehead atoms. The molecule has 1 aromatic heterocycles. The van der Waals surface area contributed by atoms with Gasteiger partial charge in [0, 0.05) is 12.1 Å². The summed E-state index contributed by atoms with van der Waals surface area (Å²) < 4.78 is 34.0. The van der Waals surface area contributed by atoms with Crippen LogP contribution in [0.15, 0.2) is 62.4 Å². The summed E-state index contributed by atoms with van der Waals surface area (Å²) in [5.41, 5.74) is -0.746. The molecule has 0 fully saturated rings. The van der Waals surface area contributed by atoms with Gasteiger partial charge in [0.25, 0.3) is 11.2 Å². The van der Waals surface area contributed by atoms with Crippen LogP contribution in [0.1, 0.15) is 5.69 Å². The zero-order valence-electron chi connectivity index (χ0n) is 15.6. The number of aromatic nitrogens is 2. The van der Waals surface area contributed by atoms with Gasteiger partial charge in [-0.15, -0.1) is 10.2 Å². The summed E-state index contributed by atoms with van der Waals surface area (Å²) in [6, 6.07) is 7.81. The minimum atomic E-state index is -4.62. The van der Waals surface area contributed by atoms with Gasteiger partial charge in [0.15, 0.2) is 5.69 Å². The number of nitro benzene ring substituents is 1. The number of nitrogens with zero attached hydrogens (tertiary/aromatic N) is 4. The number of phenols is 1. The molecule has 12 nitrogen and oxygen atoms in total. The van der Waals surface area contributed by atoms with Gasteiger partial charge in [0.2, 0.25) is 0 Å². The van der Waals surface area contributed by atoms with E-state index in [-0.39, 0.29) is 58.1 Å². The van der Waals surface area contributed by atoms with Crippen molar-refractivity contribution in [3.63, 3.8) is 0 Å². The molecular formula is C16H12N5NaO7S. The van der Waals surface area contributed by atoms with E-state index >= 15 is 0 Å². The van der Waals surface area contributed by atoms with Crippen molar-refractivity contribution in [2.75, 3.05) is 0 Å². The van der Waals surface area contributed by atoms with Gasteiger partial charge < -0.3 is 9.66 Å². The molecule has 0 unspecified atom stereocenters. The Kier molecular flexibility index (Phi) is 6.95. The number of hydrogen-bond donors (Lipinski definition) is 2. The van der Waals surface area contributed by atoms with Crippen molar-refractivity contribution in [1.82, 2.24) is 9.78 Å². The van der Waals surface area contributed by atoms with E-state index in [1.807, 2.05) is 0 Å². The van der Waals surface area contributed by atoms with E-state index in [2.05, 4.69) is 15.3 Å². The van der Waals surface area contributed by atoms with Crippen LogP contribution in [-0.2, 0) is 10.1 Å². The molecule has 3 aromatic rings. The number of aromatic amines is 1. The quantitative estimate of drug-likeness (QED) is 0.174. The molecule has 3 rings (SSSR count). The summed E-state index contributed by atoms with van der Waals surface area (Å²) >= 11 is 0. The van der Waals surface area contributed by atoms with Crippen molar-refractivity contribution in [2.45, 2.75) is 11.8 Å². The van der Waals surface area contributed by atoms with E-state index < -0.39 is 25.5 Å². The summed E-state index contributed by atoms with van der Waals surface area (Å²) in [5.74, 6) is -0.359. The minimum Gasteiger partial charge on any atom is -0.744 e. The van der Waals surface area contributed by atoms with E-state index in [0.29, 0.717) is 5.69 Å². The van der Waals surface area contributed by atoms with Gasteiger partial charge in [0.05, 0.1) is 21.2 Å².